The number of aliphatic hydroxyl groups is 1. The predicted octanol–water partition coefficient (Wildman–Crippen LogP) is 3.49. The first kappa shape index (κ1) is 20.3. The summed E-state index contributed by atoms with van der Waals surface area (Å²) in [5.74, 6) is -0.0579. The summed E-state index contributed by atoms with van der Waals surface area (Å²) >= 11 is 1.26. The van der Waals surface area contributed by atoms with Crippen molar-refractivity contribution in [2.24, 2.45) is 0 Å². The smallest absolute Gasteiger partial charge is 0.231 e. The van der Waals surface area contributed by atoms with Gasteiger partial charge in [0.25, 0.3) is 0 Å². The number of fused-ring (bicyclic) bond motifs is 1. The van der Waals surface area contributed by atoms with E-state index in [1.807, 2.05) is 0 Å². The lowest BCUT2D eigenvalue weighted by molar-refractivity contribution is -0.149. The normalized spacial score (nSPS) is 23.2. The van der Waals surface area contributed by atoms with E-state index in [9.17, 15) is 19.6 Å². The van der Waals surface area contributed by atoms with Gasteiger partial charge in [-0.25, -0.2) is 4.39 Å². The van der Waals surface area contributed by atoms with E-state index in [0.717, 1.165) is 0 Å². The number of hydrogen-bond donors (Lipinski definition) is 1. The van der Waals surface area contributed by atoms with Crippen molar-refractivity contribution in [3.05, 3.63) is 70.0 Å². The van der Waals surface area contributed by atoms with Crippen molar-refractivity contribution in [2.45, 2.75) is 18.1 Å². The molecular formula is C22H19FN2O4S. The van der Waals surface area contributed by atoms with Gasteiger partial charge in [-0.1, -0.05) is 18.2 Å². The van der Waals surface area contributed by atoms with Crippen LogP contribution in [0.5, 0.6) is 11.5 Å². The quantitative estimate of drug-likeness (QED) is 0.806. The first-order valence-electron chi connectivity index (χ1n) is 9.23. The molecule has 0 bridgehead atoms. The van der Waals surface area contributed by atoms with Gasteiger partial charge in [0.05, 0.1) is 36.6 Å². The maximum absolute atomic E-state index is 13.3. The molecule has 4 rings (SSSR count). The molecule has 2 aromatic rings. The third kappa shape index (κ3) is 3.11. The van der Waals surface area contributed by atoms with Crippen LogP contribution in [0.25, 0.3) is 0 Å². The third-order valence-corrected chi connectivity index (χ3v) is 6.65. The van der Waals surface area contributed by atoms with Gasteiger partial charge in [-0.3, -0.25) is 9.69 Å². The van der Waals surface area contributed by atoms with Gasteiger partial charge in [-0.2, -0.15) is 5.26 Å². The number of halogens is 1. The molecule has 0 saturated carbocycles. The molecule has 0 unspecified atom stereocenters. The van der Waals surface area contributed by atoms with E-state index in [0.29, 0.717) is 33.2 Å². The van der Waals surface area contributed by atoms with E-state index in [-0.39, 0.29) is 23.9 Å². The van der Waals surface area contributed by atoms with Gasteiger partial charge in [0.2, 0.25) is 5.91 Å². The van der Waals surface area contributed by atoms with Gasteiger partial charge < -0.3 is 14.6 Å². The maximum atomic E-state index is 13.3. The zero-order valence-corrected chi connectivity index (χ0v) is 17.2. The summed E-state index contributed by atoms with van der Waals surface area (Å²) in [6.07, 6.45) is 0.00812. The minimum absolute atomic E-state index is 0.00812. The minimum atomic E-state index is -1.62. The van der Waals surface area contributed by atoms with Crippen LogP contribution >= 0.6 is 11.8 Å². The van der Waals surface area contributed by atoms with Crippen molar-refractivity contribution in [3.63, 3.8) is 0 Å². The molecule has 1 saturated heterocycles. The van der Waals surface area contributed by atoms with Crippen LogP contribution < -0.4 is 9.47 Å². The predicted molar refractivity (Wildman–Crippen MR) is 109 cm³/mol. The zero-order valence-electron chi connectivity index (χ0n) is 16.4. The van der Waals surface area contributed by atoms with Crippen LogP contribution in [0.3, 0.4) is 0 Å². The molecule has 2 aromatic carbocycles. The molecule has 2 heterocycles. The lowest BCUT2D eigenvalue weighted by Gasteiger charge is -2.38. The SMILES string of the molecule is COc1ccc([C@@]2(O)CSC3=C(C#N)[C@@H](c4ccc(F)cc4)CC(=O)N32)cc1OC. The van der Waals surface area contributed by atoms with E-state index in [1.165, 1.54) is 43.0 Å². The van der Waals surface area contributed by atoms with Gasteiger partial charge in [0.1, 0.15) is 5.82 Å². The number of benzene rings is 2. The van der Waals surface area contributed by atoms with Crippen LogP contribution in [-0.4, -0.2) is 35.9 Å². The molecule has 0 radical (unpaired) electrons. The van der Waals surface area contributed by atoms with E-state index in [4.69, 9.17) is 9.47 Å². The molecule has 8 heteroatoms. The molecule has 0 spiro atoms. The molecule has 1 fully saturated rings. The number of carbonyl (C=O) groups excluding carboxylic acids is 1. The van der Waals surface area contributed by atoms with Crippen LogP contribution in [0.2, 0.25) is 0 Å². The number of nitriles is 1. The monoisotopic (exact) mass is 426 g/mol. The first-order chi connectivity index (χ1) is 14.4. The Morgan fingerprint density at radius 1 is 1.20 bits per heavy atom. The minimum Gasteiger partial charge on any atom is -0.493 e. The molecule has 1 amide bonds. The molecule has 1 N–H and O–H groups in total. The van der Waals surface area contributed by atoms with Crippen LogP contribution in [0.1, 0.15) is 23.5 Å². The van der Waals surface area contributed by atoms with Crippen LogP contribution in [0.4, 0.5) is 4.39 Å². The molecule has 0 aromatic heterocycles. The average Bonchev–Trinajstić information content (AvgIpc) is 3.13. The fourth-order valence-electron chi connectivity index (χ4n) is 3.90. The Morgan fingerprint density at radius 3 is 2.53 bits per heavy atom. The molecule has 6 nitrogen and oxygen atoms in total. The Kier molecular flexibility index (Phi) is 5.18. The molecule has 0 aliphatic carbocycles. The molecule has 2 aliphatic rings. The van der Waals surface area contributed by atoms with Gasteiger partial charge in [0.15, 0.2) is 17.2 Å². The fourth-order valence-corrected chi connectivity index (χ4v) is 5.26. The molecule has 30 heavy (non-hydrogen) atoms. The number of ether oxygens (including phenoxy) is 2. The number of allylic oxidation sites excluding steroid dienone is 1. The van der Waals surface area contributed by atoms with Crippen molar-refractivity contribution in [1.29, 1.82) is 5.26 Å². The van der Waals surface area contributed by atoms with Crippen molar-refractivity contribution < 1.29 is 23.8 Å². The number of amides is 1. The Bertz CT molecular complexity index is 1080. The van der Waals surface area contributed by atoms with E-state index in [1.54, 1.807) is 30.3 Å². The number of methoxy groups -OCH3 is 2. The second-order valence-electron chi connectivity index (χ2n) is 7.04. The summed E-state index contributed by atoms with van der Waals surface area (Å²) in [5, 5.41) is 21.8. The van der Waals surface area contributed by atoms with Gasteiger partial charge >= 0.3 is 0 Å². The number of nitrogens with zero attached hydrogens (tertiary/aromatic N) is 2. The van der Waals surface area contributed by atoms with Crippen molar-refractivity contribution in [3.8, 4) is 17.6 Å². The Hall–Kier alpha value is -3.02. The van der Waals surface area contributed by atoms with Gasteiger partial charge in [-0.15, -0.1) is 11.8 Å². The first-order valence-corrected chi connectivity index (χ1v) is 10.2. The molecule has 2 aliphatic heterocycles. The average molecular weight is 426 g/mol. The third-order valence-electron chi connectivity index (χ3n) is 5.43. The van der Waals surface area contributed by atoms with E-state index in [2.05, 4.69) is 6.07 Å². The van der Waals surface area contributed by atoms with Gasteiger partial charge in [-0.05, 0) is 29.8 Å². The standard InChI is InChI=1S/C22H19FN2O4S/c1-28-18-8-5-14(9-19(18)29-2)22(27)12-30-21-17(11-24)16(10-20(26)25(21)22)13-3-6-15(23)7-4-13/h3-9,16,27H,10,12H2,1-2H3/t16-,22+/m1/s1. The highest BCUT2D eigenvalue weighted by molar-refractivity contribution is 8.03. The Morgan fingerprint density at radius 2 is 1.90 bits per heavy atom. The van der Waals surface area contributed by atoms with Crippen molar-refractivity contribution >= 4 is 17.7 Å². The summed E-state index contributed by atoms with van der Waals surface area (Å²) in [6, 6.07) is 13.0. The highest BCUT2D eigenvalue weighted by atomic mass is 32.2. The van der Waals surface area contributed by atoms with E-state index >= 15 is 0 Å². The number of thioether (sulfide) groups is 1. The highest BCUT2D eigenvalue weighted by Gasteiger charge is 2.52. The number of rotatable bonds is 4. The maximum Gasteiger partial charge on any atom is 0.231 e. The Balaban J connectivity index is 1.79. The lowest BCUT2D eigenvalue weighted by atomic mass is 9.85. The van der Waals surface area contributed by atoms with Crippen LogP contribution in [0.15, 0.2) is 53.1 Å². The van der Waals surface area contributed by atoms with Crippen molar-refractivity contribution in [1.82, 2.24) is 4.90 Å². The molecule has 2 atom stereocenters. The lowest BCUT2D eigenvalue weighted by Crippen LogP contribution is -2.48. The summed E-state index contributed by atoms with van der Waals surface area (Å²) in [5.41, 5.74) is -0.0706. The largest absolute Gasteiger partial charge is 0.493 e. The molecular weight excluding hydrogens is 407 g/mol. The summed E-state index contributed by atoms with van der Waals surface area (Å²) < 4.78 is 23.9. The molecule has 154 valence electrons. The summed E-state index contributed by atoms with van der Waals surface area (Å²) in [6.45, 7) is 0. The second kappa shape index (κ2) is 7.67. The summed E-state index contributed by atoms with van der Waals surface area (Å²) in [7, 11) is 3.01. The topological polar surface area (TPSA) is 82.8 Å². The van der Waals surface area contributed by atoms with Crippen LogP contribution in [0, 0.1) is 17.1 Å². The summed E-state index contributed by atoms with van der Waals surface area (Å²) in [4.78, 5) is 14.4. The van der Waals surface area contributed by atoms with Gasteiger partial charge in [0, 0.05) is 17.9 Å². The number of carbonyl (C=O) groups is 1. The van der Waals surface area contributed by atoms with Crippen LogP contribution in [-0.2, 0) is 10.5 Å². The Labute approximate surface area is 177 Å². The second-order valence-corrected chi connectivity index (χ2v) is 8.01. The zero-order chi connectivity index (χ0) is 21.5. The van der Waals surface area contributed by atoms with Crippen molar-refractivity contribution in [2.75, 3.05) is 20.0 Å². The highest BCUT2D eigenvalue weighted by Crippen LogP contribution is 2.52. The number of hydrogen-bond acceptors (Lipinski definition) is 6. The van der Waals surface area contributed by atoms with E-state index < -0.39 is 11.6 Å². The fraction of sp³-hybridized carbons (Fsp3) is 0.273.